The van der Waals surface area contributed by atoms with Gasteiger partial charge in [0.1, 0.15) is 10.6 Å². The van der Waals surface area contributed by atoms with Crippen molar-refractivity contribution in [2.75, 3.05) is 0 Å². The summed E-state index contributed by atoms with van der Waals surface area (Å²) in [6, 6.07) is 0. The summed E-state index contributed by atoms with van der Waals surface area (Å²) < 4.78 is 5.39. The van der Waals surface area contributed by atoms with Gasteiger partial charge in [0.2, 0.25) is 5.89 Å². The van der Waals surface area contributed by atoms with Crippen LogP contribution in [0.1, 0.15) is 11.5 Å². The predicted molar refractivity (Wildman–Crippen MR) is 50.2 cm³/mol. The number of hydrogen-bond donors (Lipinski definition) is 1. The van der Waals surface area contributed by atoms with Crippen LogP contribution in [-0.4, -0.2) is 9.97 Å². The molecule has 13 heavy (non-hydrogen) atoms. The largest absolute Gasteiger partial charge is 0.439 e. The van der Waals surface area contributed by atoms with Crippen molar-refractivity contribution in [3.05, 3.63) is 23.2 Å². The maximum absolute atomic E-state index is 5.41. The van der Waals surface area contributed by atoms with Gasteiger partial charge in [-0.25, -0.2) is 9.97 Å². The summed E-state index contributed by atoms with van der Waals surface area (Å²) >= 11 is 1.52. The van der Waals surface area contributed by atoms with Crippen LogP contribution in [0.15, 0.2) is 16.1 Å². The molecule has 2 rings (SSSR count). The minimum atomic E-state index is 0.380. The number of aromatic nitrogens is 2. The van der Waals surface area contributed by atoms with E-state index in [1.807, 2.05) is 6.92 Å². The lowest BCUT2D eigenvalue weighted by Gasteiger charge is -1.90. The normalized spacial score (nSPS) is 10.6. The van der Waals surface area contributed by atoms with Crippen molar-refractivity contribution in [1.29, 1.82) is 0 Å². The van der Waals surface area contributed by atoms with E-state index in [1.54, 1.807) is 11.7 Å². The Morgan fingerprint density at radius 2 is 2.38 bits per heavy atom. The molecule has 68 valence electrons. The fourth-order valence-corrected chi connectivity index (χ4v) is 1.75. The predicted octanol–water partition coefficient (Wildman–Crippen LogP) is 1.57. The van der Waals surface area contributed by atoms with Gasteiger partial charge in [0.15, 0.2) is 0 Å². The quantitative estimate of drug-likeness (QED) is 0.789. The average molecular weight is 195 g/mol. The first kappa shape index (κ1) is 8.40. The minimum Gasteiger partial charge on any atom is -0.439 e. The third kappa shape index (κ3) is 1.48. The Balaban J connectivity index is 2.41. The lowest BCUT2D eigenvalue weighted by atomic mass is 10.4. The Bertz CT molecular complexity index is 407. The first-order valence-corrected chi connectivity index (χ1v) is 4.74. The van der Waals surface area contributed by atoms with Crippen LogP contribution in [0.3, 0.4) is 0 Å². The zero-order chi connectivity index (χ0) is 9.26. The molecule has 0 aromatic carbocycles. The fraction of sp³-hybridized carbons (Fsp3) is 0.250. The number of hydrogen-bond acceptors (Lipinski definition) is 5. The number of nitrogens with zero attached hydrogens (tertiary/aromatic N) is 2. The number of oxazole rings is 1. The van der Waals surface area contributed by atoms with Crippen LogP contribution < -0.4 is 5.73 Å². The lowest BCUT2D eigenvalue weighted by Crippen LogP contribution is -1.92. The number of nitrogens with two attached hydrogens (primary N) is 1. The number of aryl methyl sites for hydroxylation is 1. The van der Waals surface area contributed by atoms with Crippen LogP contribution in [0.2, 0.25) is 0 Å². The zero-order valence-corrected chi connectivity index (χ0v) is 7.97. The summed E-state index contributed by atoms with van der Waals surface area (Å²) in [4.78, 5) is 9.20. The van der Waals surface area contributed by atoms with Crippen molar-refractivity contribution < 1.29 is 4.42 Å². The second kappa shape index (κ2) is 3.27. The van der Waals surface area contributed by atoms with E-state index in [-0.39, 0.29) is 0 Å². The molecule has 0 atom stereocenters. The van der Waals surface area contributed by atoms with Crippen LogP contribution in [0.4, 0.5) is 0 Å². The highest BCUT2D eigenvalue weighted by atomic mass is 32.1. The van der Waals surface area contributed by atoms with Crippen LogP contribution in [-0.2, 0) is 6.54 Å². The van der Waals surface area contributed by atoms with Crippen molar-refractivity contribution in [2.45, 2.75) is 13.5 Å². The molecular formula is C8H9N3OS. The van der Waals surface area contributed by atoms with Gasteiger partial charge in [-0.3, -0.25) is 0 Å². The fourth-order valence-electron chi connectivity index (χ4n) is 1.01. The third-order valence-electron chi connectivity index (χ3n) is 1.69. The Morgan fingerprint density at radius 1 is 1.54 bits per heavy atom. The summed E-state index contributed by atoms with van der Waals surface area (Å²) in [6.07, 6.45) is 1.65. The standard InChI is InChI=1S/C8H9N3OS/c1-5-7(13-4-11-5)8-10-3-6(2-9)12-8/h3-4H,2,9H2,1H3. The van der Waals surface area contributed by atoms with Crippen molar-refractivity contribution in [2.24, 2.45) is 5.73 Å². The van der Waals surface area contributed by atoms with Crippen molar-refractivity contribution in [3.8, 4) is 10.8 Å². The van der Waals surface area contributed by atoms with E-state index < -0.39 is 0 Å². The van der Waals surface area contributed by atoms with E-state index in [9.17, 15) is 0 Å². The molecule has 0 aliphatic rings. The summed E-state index contributed by atoms with van der Waals surface area (Å²) in [5, 5.41) is 0. The second-order valence-electron chi connectivity index (χ2n) is 2.60. The molecule has 0 saturated carbocycles. The van der Waals surface area contributed by atoms with E-state index in [0.29, 0.717) is 18.2 Å². The van der Waals surface area contributed by atoms with Crippen molar-refractivity contribution >= 4 is 11.3 Å². The topological polar surface area (TPSA) is 64.9 Å². The second-order valence-corrected chi connectivity index (χ2v) is 3.46. The summed E-state index contributed by atoms with van der Waals surface area (Å²) in [6.45, 7) is 2.31. The molecule has 2 N–H and O–H groups in total. The molecule has 4 nitrogen and oxygen atoms in total. The van der Waals surface area contributed by atoms with Crippen LogP contribution in [0.25, 0.3) is 10.8 Å². The highest BCUT2D eigenvalue weighted by Gasteiger charge is 2.10. The van der Waals surface area contributed by atoms with Gasteiger partial charge < -0.3 is 10.2 Å². The van der Waals surface area contributed by atoms with E-state index >= 15 is 0 Å². The Kier molecular flexibility index (Phi) is 2.12. The van der Waals surface area contributed by atoms with Gasteiger partial charge in [-0.2, -0.15) is 0 Å². The zero-order valence-electron chi connectivity index (χ0n) is 7.15. The first-order valence-electron chi connectivity index (χ1n) is 3.86. The highest BCUT2D eigenvalue weighted by molar-refractivity contribution is 7.13. The highest BCUT2D eigenvalue weighted by Crippen LogP contribution is 2.26. The number of thiazole rings is 1. The molecule has 0 aliphatic carbocycles. The molecule has 0 spiro atoms. The molecular weight excluding hydrogens is 186 g/mol. The van der Waals surface area contributed by atoms with Gasteiger partial charge in [-0.1, -0.05) is 0 Å². The molecule has 5 heteroatoms. The molecule has 0 amide bonds. The van der Waals surface area contributed by atoms with E-state index in [0.717, 1.165) is 10.6 Å². The molecule has 2 aromatic rings. The lowest BCUT2D eigenvalue weighted by molar-refractivity contribution is 0.521. The number of rotatable bonds is 2. The average Bonchev–Trinajstić information content (AvgIpc) is 2.71. The Morgan fingerprint density at radius 3 is 2.92 bits per heavy atom. The van der Waals surface area contributed by atoms with Gasteiger partial charge in [0.05, 0.1) is 23.9 Å². The van der Waals surface area contributed by atoms with E-state index in [2.05, 4.69) is 9.97 Å². The monoisotopic (exact) mass is 195 g/mol. The molecule has 0 aliphatic heterocycles. The minimum absolute atomic E-state index is 0.380. The summed E-state index contributed by atoms with van der Waals surface area (Å²) in [5.74, 6) is 1.31. The van der Waals surface area contributed by atoms with Gasteiger partial charge in [0.25, 0.3) is 0 Å². The van der Waals surface area contributed by atoms with E-state index in [1.165, 1.54) is 11.3 Å². The molecule has 0 saturated heterocycles. The van der Waals surface area contributed by atoms with Crippen LogP contribution in [0, 0.1) is 6.92 Å². The Labute approximate surface area is 79.4 Å². The van der Waals surface area contributed by atoms with Crippen molar-refractivity contribution in [1.82, 2.24) is 9.97 Å². The molecule has 2 heterocycles. The van der Waals surface area contributed by atoms with E-state index in [4.69, 9.17) is 10.2 Å². The summed E-state index contributed by atoms with van der Waals surface area (Å²) in [5.41, 5.74) is 8.12. The summed E-state index contributed by atoms with van der Waals surface area (Å²) in [7, 11) is 0. The Hall–Kier alpha value is -1.20. The van der Waals surface area contributed by atoms with Gasteiger partial charge in [-0.05, 0) is 6.92 Å². The smallest absolute Gasteiger partial charge is 0.238 e. The van der Waals surface area contributed by atoms with Gasteiger partial charge in [0, 0.05) is 0 Å². The SMILES string of the molecule is Cc1ncsc1-c1ncc(CN)o1. The maximum atomic E-state index is 5.41. The van der Waals surface area contributed by atoms with Crippen molar-refractivity contribution in [3.63, 3.8) is 0 Å². The molecule has 2 aromatic heterocycles. The molecule has 0 fully saturated rings. The molecule has 0 radical (unpaired) electrons. The van der Waals surface area contributed by atoms with Crippen LogP contribution in [0.5, 0.6) is 0 Å². The molecule has 0 bridgehead atoms. The van der Waals surface area contributed by atoms with Gasteiger partial charge >= 0.3 is 0 Å². The van der Waals surface area contributed by atoms with Gasteiger partial charge in [-0.15, -0.1) is 11.3 Å². The van der Waals surface area contributed by atoms with Crippen LogP contribution >= 0.6 is 11.3 Å². The third-order valence-corrected chi connectivity index (χ3v) is 2.61. The maximum Gasteiger partial charge on any atom is 0.238 e. The molecule has 0 unspecified atom stereocenters. The first-order chi connectivity index (χ1) is 6.31.